The van der Waals surface area contributed by atoms with Crippen molar-refractivity contribution in [2.24, 2.45) is 5.73 Å². The van der Waals surface area contributed by atoms with Gasteiger partial charge in [0.2, 0.25) is 5.88 Å². The largest absolute Gasteiger partial charge is 0.440 e. The van der Waals surface area contributed by atoms with Gasteiger partial charge in [-0.05, 0) is 21.9 Å². The molecular formula is C24H22N2O. The van der Waals surface area contributed by atoms with E-state index in [2.05, 4.69) is 57.2 Å². The van der Waals surface area contributed by atoms with E-state index in [9.17, 15) is 5.26 Å². The van der Waals surface area contributed by atoms with E-state index in [0.717, 1.165) is 27.6 Å². The summed E-state index contributed by atoms with van der Waals surface area (Å²) < 4.78 is 5.91. The number of hydrogen-bond acceptors (Lipinski definition) is 3. The first kappa shape index (κ1) is 17.2. The summed E-state index contributed by atoms with van der Waals surface area (Å²) in [6, 6.07) is 22.9. The molecule has 3 nitrogen and oxygen atoms in total. The number of rotatable bonds is 1. The van der Waals surface area contributed by atoms with Gasteiger partial charge >= 0.3 is 0 Å². The third-order valence-corrected chi connectivity index (χ3v) is 5.22. The van der Waals surface area contributed by atoms with Crippen LogP contribution in [0.3, 0.4) is 0 Å². The Balaban J connectivity index is 1.92. The lowest BCUT2D eigenvalue weighted by Gasteiger charge is -2.28. The number of nitriles is 1. The molecule has 3 aromatic carbocycles. The molecule has 3 aromatic rings. The normalized spacial score (nSPS) is 16.6. The highest BCUT2D eigenvalue weighted by Crippen LogP contribution is 2.45. The van der Waals surface area contributed by atoms with Crippen molar-refractivity contribution in [3.05, 3.63) is 88.8 Å². The number of fused-ring (bicyclic) bond motifs is 3. The molecule has 0 saturated heterocycles. The van der Waals surface area contributed by atoms with E-state index in [0.29, 0.717) is 5.57 Å². The van der Waals surface area contributed by atoms with E-state index < -0.39 is 0 Å². The molecule has 1 atom stereocenters. The minimum absolute atomic E-state index is 0.0786. The molecule has 0 radical (unpaired) electrons. The van der Waals surface area contributed by atoms with Crippen LogP contribution >= 0.6 is 0 Å². The number of ether oxygens (including phenoxy) is 1. The fraction of sp³-hybridized carbons (Fsp3) is 0.208. The molecule has 4 rings (SSSR count). The van der Waals surface area contributed by atoms with E-state index >= 15 is 0 Å². The number of nitrogens with zero attached hydrogens (tertiary/aromatic N) is 1. The molecule has 27 heavy (non-hydrogen) atoms. The Bertz CT molecular complexity index is 1100. The Morgan fingerprint density at radius 1 is 0.963 bits per heavy atom. The molecule has 3 heteroatoms. The first-order chi connectivity index (χ1) is 12.9. The predicted octanol–water partition coefficient (Wildman–Crippen LogP) is 5.36. The van der Waals surface area contributed by atoms with Crippen molar-refractivity contribution in [2.45, 2.75) is 32.1 Å². The van der Waals surface area contributed by atoms with Crippen LogP contribution in [0.1, 0.15) is 43.4 Å². The van der Waals surface area contributed by atoms with Gasteiger partial charge in [-0.3, -0.25) is 0 Å². The molecule has 0 spiro atoms. The van der Waals surface area contributed by atoms with Gasteiger partial charge in [0.1, 0.15) is 17.4 Å². The van der Waals surface area contributed by atoms with Crippen LogP contribution in [0, 0.1) is 11.3 Å². The fourth-order valence-corrected chi connectivity index (χ4v) is 3.71. The van der Waals surface area contributed by atoms with Crippen molar-refractivity contribution in [2.75, 3.05) is 0 Å². The molecule has 0 aromatic heterocycles. The van der Waals surface area contributed by atoms with Crippen molar-refractivity contribution in [1.29, 1.82) is 5.26 Å². The standard InChI is InChI=1S/C24H22N2O/c1-24(2,3)17-11-8-16(9-12-17)21-19-13-10-15-6-4-5-7-18(15)22(19)27-23(26)20(21)14-25/h4-13,21H,26H2,1-3H3/t21-/m1/s1. The van der Waals surface area contributed by atoms with Crippen LogP contribution in [0.2, 0.25) is 0 Å². The monoisotopic (exact) mass is 354 g/mol. The van der Waals surface area contributed by atoms with Crippen molar-refractivity contribution in [3.8, 4) is 11.8 Å². The minimum atomic E-state index is -0.225. The second-order valence-corrected chi connectivity index (χ2v) is 8.00. The second kappa shape index (κ2) is 6.17. The summed E-state index contributed by atoms with van der Waals surface area (Å²) >= 11 is 0. The topological polar surface area (TPSA) is 59.0 Å². The van der Waals surface area contributed by atoms with Crippen LogP contribution < -0.4 is 10.5 Å². The van der Waals surface area contributed by atoms with Gasteiger partial charge in [0.15, 0.2) is 0 Å². The molecule has 0 fully saturated rings. The van der Waals surface area contributed by atoms with E-state index in [1.165, 1.54) is 5.56 Å². The third-order valence-electron chi connectivity index (χ3n) is 5.22. The molecule has 0 unspecified atom stereocenters. The summed E-state index contributed by atoms with van der Waals surface area (Å²) in [6.45, 7) is 6.57. The fourth-order valence-electron chi connectivity index (χ4n) is 3.71. The average Bonchev–Trinajstić information content (AvgIpc) is 2.66. The maximum absolute atomic E-state index is 9.75. The lowest BCUT2D eigenvalue weighted by Crippen LogP contribution is -2.21. The second-order valence-electron chi connectivity index (χ2n) is 8.00. The Morgan fingerprint density at radius 3 is 2.33 bits per heavy atom. The lowest BCUT2D eigenvalue weighted by molar-refractivity contribution is 0.398. The predicted molar refractivity (Wildman–Crippen MR) is 108 cm³/mol. The molecule has 0 bridgehead atoms. The highest BCUT2D eigenvalue weighted by atomic mass is 16.5. The molecule has 1 aliphatic heterocycles. The molecule has 0 amide bonds. The highest BCUT2D eigenvalue weighted by Gasteiger charge is 2.31. The van der Waals surface area contributed by atoms with E-state index in [-0.39, 0.29) is 17.2 Å². The summed E-state index contributed by atoms with van der Waals surface area (Å²) in [5.41, 5.74) is 9.97. The van der Waals surface area contributed by atoms with E-state index in [1.807, 2.05) is 30.3 Å². The summed E-state index contributed by atoms with van der Waals surface area (Å²) in [6.07, 6.45) is 0. The molecular weight excluding hydrogens is 332 g/mol. The first-order valence-electron chi connectivity index (χ1n) is 9.10. The number of nitrogens with two attached hydrogens (primary N) is 1. The Kier molecular flexibility index (Phi) is 3.93. The Labute approximate surface area is 159 Å². The van der Waals surface area contributed by atoms with Crippen molar-refractivity contribution < 1.29 is 4.74 Å². The minimum Gasteiger partial charge on any atom is -0.440 e. The van der Waals surface area contributed by atoms with Crippen molar-refractivity contribution in [3.63, 3.8) is 0 Å². The zero-order valence-electron chi connectivity index (χ0n) is 15.8. The van der Waals surface area contributed by atoms with Crippen LogP contribution in [0.4, 0.5) is 0 Å². The summed E-state index contributed by atoms with van der Waals surface area (Å²) in [4.78, 5) is 0. The summed E-state index contributed by atoms with van der Waals surface area (Å²) in [7, 11) is 0. The molecule has 2 N–H and O–H groups in total. The third kappa shape index (κ3) is 2.84. The van der Waals surface area contributed by atoms with Gasteiger partial charge in [-0.2, -0.15) is 5.26 Å². The van der Waals surface area contributed by atoms with Crippen LogP contribution in [-0.2, 0) is 5.41 Å². The highest BCUT2D eigenvalue weighted by molar-refractivity contribution is 5.90. The van der Waals surface area contributed by atoms with Gasteiger partial charge in [-0.25, -0.2) is 0 Å². The van der Waals surface area contributed by atoms with Crippen molar-refractivity contribution >= 4 is 10.8 Å². The maximum atomic E-state index is 9.75. The zero-order chi connectivity index (χ0) is 19.2. The quantitative estimate of drug-likeness (QED) is 0.640. The molecule has 134 valence electrons. The molecule has 1 heterocycles. The van der Waals surface area contributed by atoms with Crippen LogP contribution in [0.5, 0.6) is 5.75 Å². The van der Waals surface area contributed by atoms with Gasteiger partial charge in [0.25, 0.3) is 0 Å². The van der Waals surface area contributed by atoms with Gasteiger partial charge in [-0.15, -0.1) is 0 Å². The summed E-state index contributed by atoms with van der Waals surface area (Å²) in [5, 5.41) is 11.8. The SMILES string of the molecule is CC(C)(C)c1ccc([C@H]2C(C#N)=C(N)Oc3c2ccc2ccccc32)cc1. The molecule has 1 aliphatic rings. The Hall–Kier alpha value is -3.25. The van der Waals surface area contributed by atoms with E-state index in [4.69, 9.17) is 10.5 Å². The zero-order valence-corrected chi connectivity index (χ0v) is 15.8. The van der Waals surface area contributed by atoms with Crippen LogP contribution in [0.25, 0.3) is 10.8 Å². The number of hydrogen-bond donors (Lipinski definition) is 1. The van der Waals surface area contributed by atoms with Gasteiger partial charge in [0.05, 0.1) is 5.92 Å². The van der Waals surface area contributed by atoms with Gasteiger partial charge < -0.3 is 10.5 Å². The van der Waals surface area contributed by atoms with E-state index in [1.54, 1.807) is 0 Å². The van der Waals surface area contributed by atoms with Crippen molar-refractivity contribution in [1.82, 2.24) is 0 Å². The van der Waals surface area contributed by atoms with Gasteiger partial charge in [-0.1, -0.05) is 81.4 Å². The number of allylic oxidation sites excluding steroid dienone is 1. The maximum Gasteiger partial charge on any atom is 0.205 e. The molecule has 0 aliphatic carbocycles. The van der Waals surface area contributed by atoms with Gasteiger partial charge in [0, 0.05) is 10.9 Å². The van der Waals surface area contributed by atoms with Crippen LogP contribution in [0.15, 0.2) is 72.1 Å². The Morgan fingerprint density at radius 2 is 1.67 bits per heavy atom. The molecule has 0 saturated carbocycles. The lowest BCUT2D eigenvalue weighted by atomic mass is 9.80. The summed E-state index contributed by atoms with van der Waals surface area (Å²) in [5.74, 6) is 0.707. The first-order valence-corrected chi connectivity index (χ1v) is 9.10. The average molecular weight is 354 g/mol. The smallest absolute Gasteiger partial charge is 0.205 e. The van der Waals surface area contributed by atoms with Crippen LogP contribution in [-0.4, -0.2) is 0 Å². The number of benzene rings is 3.